The number of benzene rings is 3. The van der Waals surface area contributed by atoms with Gasteiger partial charge < -0.3 is 9.47 Å². The molecule has 0 bridgehead atoms. The summed E-state index contributed by atoms with van der Waals surface area (Å²) in [5, 5.41) is 3.97. The molecule has 0 radical (unpaired) electrons. The van der Waals surface area contributed by atoms with E-state index in [0.717, 1.165) is 9.87 Å². The Kier molecular flexibility index (Phi) is 9.26. The van der Waals surface area contributed by atoms with Gasteiger partial charge in [-0.25, -0.2) is 13.8 Å². The van der Waals surface area contributed by atoms with E-state index >= 15 is 0 Å². The summed E-state index contributed by atoms with van der Waals surface area (Å²) in [6.45, 7) is 5.34. The molecule has 188 valence electrons. The van der Waals surface area contributed by atoms with Gasteiger partial charge in [0.25, 0.3) is 15.9 Å². The Hall–Kier alpha value is -3.63. The van der Waals surface area contributed by atoms with Crippen LogP contribution in [0.15, 0.2) is 93.9 Å². The van der Waals surface area contributed by atoms with E-state index in [1.807, 2.05) is 6.92 Å². The van der Waals surface area contributed by atoms with Crippen molar-refractivity contribution in [2.45, 2.75) is 11.8 Å². The maximum Gasteiger partial charge on any atom is 0.264 e. The van der Waals surface area contributed by atoms with Gasteiger partial charge in [-0.3, -0.25) is 9.10 Å². The van der Waals surface area contributed by atoms with Gasteiger partial charge in [0.05, 0.1) is 23.9 Å². The number of halogens is 1. The van der Waals surface area contributed by atoms with Gasteiger partial charge >= 0.3 is 0 Å². The van der Waals surface area contributed by atoms with Crippen molar-refractivity contribution in [2.75, 3.05) is 24.6 Å². The molecule has 0 spiro atoms. The second-order valence-corrected chi connectivity index (χ2v) is 10.4. The van der Waals surface area contributed by atoms with Crippen molar-refractivity contribution < 1.29 is 22.7 Å². The summed E-state index contributed by atoms with van der Waals surface area (Å²) in [5.74, 6) is 0.432. The van der Waals surface area contributed by atoms with Gasteiger partial charge in [-0.1, -0.05) is 52.3 Å². The van der Waals surface area contributed by atoms with Gasteiger partial charge in [-0.05, 0) is 61.0 Å². The molecule has 3 aromatic carbocycles. The van der Waals surface area contributed by atoms with Crippen LogP contribution >= 0.6 is 15.9 Å². The van der Waals surface area contributed by atoms with Crippen molar-refractivity contribution in [3.05, 3.63) is 95.0 Å². The number of anilines is 1. The third-order valence-electron chi connectivity index (χ3n) is 4.94. The van der Waals surface area contributed by atoms with Crippen LogP contribution in [0.2, 0.25) is 0 Å². The highest BCUT2D eigenvalue weighted by molar-refractivity contribution is 9.10. The van der Waals surface area contributed by atoms with E-state index in [2.05, 4.69) is 33.0 Å². The maximum atomic E-state index is 13.4. The fourth-order valence-corrected chi connectivity index (χ4v) is 4.96. The lowest BCUT2D eigenvalue weighted by atomic mass is 10.2. The number of nitrogens with one attached hydrogen (secondary N) is 1. The predicted octanol–water partition coefficient (Wildman–Crippen LogP) is 4.68. The average molecular weight is 572 g/mol. The van der Waals surface area contributed by atoms with Crippen LogP contribution in [0, 0.1) is 6.92 Å². The summed E-state index contributed by atoms with van der Waals surface area (Å²) in [4.78, 5) is 12.8. The monoisotopic (exact) mass is 571 g/mol. The topological polar surface area (TPSA) is 97.3 Å². The molecule has 36 heavy (non-hydrogen) atoms. The number of hydrogen-bond acceptors (Lipinski definition) is 6. The molecule has 0 aromatic heterocycles. The third-order valence-corrected chi connectivity index (χ3v) is 7.22. The Morgan fingerprint density at radius 1 is 1.11 bits per heavy atom. The van der Waals surface area contributed by atoms with E-state index in [4.69, 9.17) is 9.47 Å². The second kappa shape index (κ2) is 12.4. The SMILES string of the molecule is C=CCOc1ccc(/C=N\NC(=O)CN(c2cccc(Br)c2)S(=O)(=O)c2ccc(C)cc2)cc1OC. The largest absolute Gasteiger partial charge is 0.493 e. The van der Waals surface area contributed by atoms with Gasteiger partial charge in [0.15, 0.2) is 11.5 Å². The molecule has 10 heteroatoms. The van der Waals surface area contributed by atoms with Gasteiger partial charge in [-0.2, -0.15) is 5.10 Å². The minimum Gasteiger partial charge on any atom is -0.493 e. The lowest BCUT2D eigenvalue weighted by Crippen LogP contribution is -2.39. The molecule has 0 unspecified atom stereocenters. The van der Waals surface area contributed by atoms with Crippen LogP contribution in [-0.4, -0.2) is 40.8 Å². The van der Waals surface area contributed by atoms with Gasteiger partial charge in [0.2, 0.25) is 0 Å². The Balaban J connectivity index is 1.79. The first-order valence-corrected chi connectivity index (χ1v) is 13.1. The summed E-state index contributed by atoms with van der Waals surface area (Å²) in [5.41, 5.74) is 4.30. The number of methoxy groups -OCH3 is 1. The molecule has 0 saturated carbocycles. The molecule has 3 aromatic rings. The van der Waals surface area contributed by atoms with E-state index in [1.165, 1.54) is 25.5 Å². The van der Waals surface area contributed by atoms with Crippen molar-refractivity contribution in [3.8, 4) is 11.5 Å². The molecular formula is C26H26BrN3O5S. The Labute approximate surface area is 219 Å². The first-order valence-electron chi connectivity index (χ1n) is 10.8. The molecule has 0 fully saturated rings. The lowest BCUT2D eigenvalue weighted by Gasteiger charge is -2.24. The van der Waals surface area contributed by atoms with Crippen molar-refractivity contribution in [1.82, 2.24) is 5.43 Å². The van der Waals surface area contributed by atoms with Crippen LogP contribution < -0.4 is 19.2 Å². The predicted molar refractivity (Wildman–Crippen MR) is 144 cm³/mol. The minimum atomic E-state index is -4.02. The molecule has 0 aliphatic rings. The van der Waals surface area contributed by atoms with Crippen LogP contribution in [0.4, 0.5) is 5.69 Å². The molecule has 3 rings (SSSR count). The standard InChI is InChI=1S/C26H26BrN3O5S/c1-4-14-35-24-13-10-20(15-25(24)34-3)17-28-29-26(31)18-30(22-7-5-6-21(27)16-22)36(32,33)23-11-8-19(2)9-12-23/h4-13,15-17H,1,14,18H2,2-3H3,(H,29,31)/b28-17-. The number of amides is 1. The molecule has 1 amide bonds. The zero-order valence-electron chi connectivity index (χ0n) is 19.8. The zero-order valence-corrected chi connectivity index (χ0v) is 22.3. The maximum absolute atomic E-state index is 13.4. The van der Waals surface area contributed by atoms with Gasteiger partial charge in [0, 0.05) is 4.47 Å². The Morgan fingerprint density at radius 2 is 1.86 bits per heavy atom. The van der Waals surface area contributed by atoms with Crippen LogP contribution in [0.1, 0.15) is 11.1 Å². The summed E-state index contributed by atoms with van der Waals surface area (Å²) < 4.78 is 39.4. The Bertz CT molecular complexity index is 1360. The third kappa shape index (κ3) is 6.96. The van der Waals surface area contributed by atoms with Crippen LogP contribution in [0.5, 0.6) is 11.5 Å². The molecule has 1 N–H and O–H groups in total. The first-order chi connectivity index (χ1) is 17.2. The summed E-state index contributed by atoms with van der Waals surface area (Å²) in [7, 11) is -2.50. The highest BCUT2D eigenvalue weighted by Crippen LogP contribution is 2.28. The summed E-state index contributed by atoms with van der Waals surface area (Å²) >= 11 is 3.36. The number of rotatable bonds is 11. The van der Waals surface area contributed by atoms with Crippen molar-refractivity contribution >= 4 is 43.8 Å². The van der Waals surface area contributed by atoms with E-state index in [1.54, 1.807) is 60.7 Å². The molecule has 0 aliphatic heterocycles. The van der Waals surface area contributed by atoms with Crippen LogP contribution in [-0.2, 0) is 14.8 Å². The summed E-state index contributed by atoms with van der Waals surface area (Å²) in [6, 6.07) is 18.3. The highest BCUT2D eigenvalue weighted by atomic mass is 79.9. The average Bonchev–Trinajstić information content (AvgIpc) is 2.86. The quantitative estimate of drug-likeness (QED) is 0.205. The number of ether oxygens (including phenoxy) is 2. The summed E-state index contributed by atoms with van der Waals surface area (Å²) in [6.07, 6.45) is 3.05. The first kappa shape index (κ1) is 27.0. The smallest absolute Gasteiger partial charge is 0.264 e. The fourth-order valence-electron chi connectivity index (χ4n) is 3.16. The minimum absolute atomic E-state index is 0.0789. The van der Waals surface area contributed by atoms with E-state index < -0.39 is 22.5 Å². The molecule has 0 heterocycles. The van der Waals surface area contributed by atoms with Gasteiger partial charge in [0.1, 0.15) is 13.2 Å². The van der Waals surface area contributed by atoms with Crippen LogP contribution in [0.3, 0.4) is 0 Å². The van der Waals surface area contributed by atoms with Gasteiger partial charge in [-0.15, -0.1) is 0 Å². The highest BCUT2D eigenvalue weighted by Gasteiger charge is 2.27. The number of hydrazone groups is 1. The molecule has 8 nitrogen and oxygen atoms in total. The molecular weight excluding hydrogens is 546 g/mol. The van der Waals surface area contributed by atoms with Crippen LogP contribution in [0.25, 0.3) is 0 Å². The van der Waals surface area contributed by atoms with E-state index in [-0.39, 0.29) is 4.90 Å². The Morgan fingerprint density at radius 3 is 2.53 bits per heavy atom. The molecule has 0 saturated heterocycles. The fraction of sp³-hybridized carbons (Fsp3) is 0.154. The molecule has 0 aliphatic carbocycles. The second-order valence-electron chi connectivity index (χ2n) is 7.61. The number of carbonyl (C=O) groups is 1. The van der Waals surface area contributed by atoms with Crippen molar-refractivity contribution in [2.24, 2.45) is 5.10 Å². The van der Waals surface area contributed by atoms with Crippen molar-refractivity contribution in [1.29, 1.82) is 0 Å². The van der Waals surface area contributed by atoms with E-state index in [9.17, 15) is 13.2 Å². The zero-order chi connectivity index (χ0) is 26.1. The number of sulfonamides is 1. The number of aryl methyl sites for hydroxylation is 1. The van der Waals surface area contributed by atoms with Crippen molar-refractivity contribution in [3.63, 3.8) is 0 Å². The normalized spacial score (nSPS) is 11.2. The van der Waals surface area contributed by atoms with E-state index in [0.29, 0.717) is 33.8 Å². The number of carbonyl (C=O) groups excluding carboxylic acids is 1. The number of nitrogens with zero attached hydrogens (tertiary/aromatic N) is 2. The number of hydrogen-bond donors (Lipinski definition) is 1. The lowest BCUT2D eigenvalue weighted by molar-refractivity contribution is -0.119. The molecule has 0 atom stereocenters.